The number of aromatic nitrogens is 5. The van der Waals surface area contributed by atoms with Gasteiger partial charge in [-0.3, -0.25) is 9.55 Å². The zero-order chi connectivity index (χ0) is 16.9. The van der Waals surface area contributed by atoms with Crippen molar-refractivity contribution in [2.45, 2.75) is 17.5 Å². The minimum absolute atomic E-state index is 0.249. The van der Waals surface area contributed by atoms with Crippen LogP contribution in [0.15, 0.2) is 59.1 Å². The summed E-state index contributed by atoms with van der Waals surface area (Å²) in [4.78, 5) is 8.31. The molecule has 3 rings (SSSR count). The number of nitrogens with zero attached hydrogens (tertiary/aromatic N) is 5. The van der Waals surface area contributed by atoms with Crippen molar-refractivity contribution < 1.29 is 4.39 Å². The summed E-state index contributed by atoms with van der Waals surface area (Å²) in [5, 5.41) is 9.08. The smallest absolute Gasteiger partial charge is 0.192 e. The van der Waals surface area contributed by atoms with E-state index in [0.717, 1.165) is 0 Å². The van der Waals surface area contributed by atoms with Crippen LogP contribution in [0, 0.1) is 5.82 Å². The average Bonchev–Trinajstić information content (AvgIpc) is 2.98. The summed E-state index contributed by atoms with van der Waals surface area (Å²) in [7, 11) is 0. The van der Waals surface area contributed by atoms with E-state index in [2.05, 4.69) is 42.7 Å². The van der Waals surface area contributed by atoms with Gasteiger partial charge in [-0.1, -0.05) is 39.8 Å². The molecule has 8 heteroatoms. The first kappa shape index (κ1) is 16.8. The molecule has 0 spiro atoms. The van der Waals surface area contributed by atoms with E-state index < -0.39 is 0 Å². The van der Waals surface area contributed by atoms with Gasteiger partial charge in [0.05, 0.1) is 6.20 Å². The Balaban J connectivity index is 1.85. The van der Waals surface area contributed by atoms with Crippen molar-refractivity contribution in [3.05, 3.63) is 65.3 Å². The predicted octanol–water partition coefficient (Wildman–Crippen LogP) is 4.12. The first-order valence-electron chi connectivity index (χ1n) is 7.06. The topological polar surface area (TPSA) is 56.5 Å². The molecule has 0 atom stereocenters. The Kier molecular flexibility index (Phi) is 5.37. The summed E-state index contributed by atoms with van der Waals surface area (Å²) in [6.45, 7) is 4.30. The number of rotatable bonds is 6. The van der Waals surface area contributed by atoms with Crippen LogP contribution in [0.4, 0.5) is 4.39 Å². The van der Waals surface area contributed by atoms with Crippen LogP contribution in [0.25, 0.3) is 11.5 Å². The lowest BCUT2D eigenvalue weighted by Gasteiger charge is -2.07. The molecule has 0 aliphatic carbocycles. The van der Waals surface area contributed by atoms with Crippen molar-refractivity contribution in [1.82, 2.24) is 24.7 Å². The summed E-state index contributed by atoms with van der Waals surface area (Å²) in [6.07, 6.45) is 6.59. The minimum Gasteiger partial charge on any atom is -0.297 e. The quantitative estimate of drug-likeness (QED) is 0.456. The molecule has 122 valence electrons. The molecule has 0 aliphatic heterocycles. The van der Waals surface area contributed by atoms with Crippen LogP contribution < -0.4 is 0 Å². The van der Waals surface area contributed by atoms with E-state index in [0.29, 0.717) is 39.0 Å². The van der Waals surface area contributed by atoms with Gasteiger partial charge in [0.1, 0.15) is 11.5 Å². The van der Waals surface area contributed by atoms with Gasteiger partial charge in [-0.15, -0.1) is 16.8 Å². The third-order valence-electron chi connectivity index (χ3n) is 3.19. The van der Waals surface area contributed by atoms with Crippen LogP contribution >= 0.6 is 27.7 Å². The lowest BCUT2D eigenvalue weighted by Crippen LogP contribution is -2.02. The van der Waals surface area contributed by atoms with Crippen LogP contribution in [0.5, 0.6) is 0 Å². The third-order valence-corrected chi connectivity index (χ3v) is 4.70. The summed E-state index contributed by atoms with van der Waals surface area (Å²) in [5.41, 5.74) is 1.24. The molecular formula is C16H13BrFN5S. The second-order valence-electron chi connectivity index (χ2n) is 4.82. The molecule has 0 unspecified atom stereocenters. The molecule has 0 radical (unpaired) electrons. The molecule has 0 bridgehead atoms. The Morgan fingerprint density at radius 3 is 2.88 bits per heavy atom. The lowest BCUT2D eigenvalue weighted by atomic mass is 10.2. The number of hydrogen-bond donors (Lipinski definition) is 0. The Morgan fingerprint density at radius 1 is 1.29 bits per heavy atom. The maximum absolute atomic E-state index is 14.0. The maximum Gasteiger partial charge on any atom is 0.192 e. The fraction of sp³-hybridized carbons (Fsp3) is 0.125. The van der Waals surface area contributed by atoms with Crippen molar-refractivity contribution in [3.8, 4) is 11.5 Å². The summed E-state index contributed by atoms with van der Waals surface area (Å²) >= 11 is 4.67. The molecule has 2 aromatic heterocycles. The summed E-state index contributed by atoms with van der Waals surface area (Å²) < 4.78 is 16.6. The second kappa shape index (κ2) is 7.67. The molecule has 2 heterocycles. The third kappa shape index (κ3) is 3.70. The van der Waals surface area contributed by atoms with E-state index in [-0.39, 0.29) is 5.82 Å². The highest BCUT2D eigenvalue weighted by Crippen LogP contribution is 2.27. The highest BCUT2D eigenvalue weighted by Gasteiger charge is 2.15. The highest BCUT2D eigenvalue weighted by atomic mass is 79.9. The van der Waals surface area contributed by atoms with Crippen molar-refractivity contribution in [1.29, 1.82) is 0 Å². The Bertz CT molecular complexity index is 853. The molecule has 24 heavy (non-hydrogen) atoms. The van der Waals surface area contributed by atoms with Crippen LogP contribution in [-0.2, 0) is 12.3 Å². The summed E-state index contributed by atoms with van der Waals surface area (Å²) in [5.74, 6) is 0.817. The number of hydrogen-bond acceptors (Lipinski definition) is 5. The number of halogens is 2. The van der Waals surface area contributed by atoms with E-state index in [1.54, 1.807) is 30.7 Å². The van der Waals surface area contributed by atoms with Crippen LogP contribution in [0.1, 0.15) is 5.56 Å². The van der Waals surface area contributed by atoms with Crippen LogP contribution in [-0.4, -0.2) is 24.7 Å². The van der Waals surface area contributed by atoms with Gasteiger partial charge in [0, 0.05) is 29.2 Å². The summed E-state index contributed by atoms with van der Waals surface area (Å²) in [6, 6.07) is 5.03. The minimum atomic E-state index is -0.249. The number of thioether (sulfide) groups is 1. The van der Waals surface area contributed by atoms with Crippen molar-refractivity contribution in [3.63, 3.8) is 0 Å². The standard InChI is InChI=1S/C16H13BrFN5S/c1-2-7-23-15(14-9-19-5-6-20-14)21-22-16(23)24-10-11-3-4-12(17)8-13(11)18/h2-6,8-9H,1,7,10H2. The molecule has 0 saturated heterocycles. The average molecular weight is 406 g/mol. The van der Waals surface area contributed by atoms with Gasteiger partial charge >= 0.3 is 0 Å². The van der Waals surface area contributed by atoms with Gasteiger partial charge in [0.15, 0.2) is 11.0 Å². The van der Waals surface area contributed by atoms with Gasteiger partial charge in [-0.2, -0.15) is 0 Å². The molecule has 0 aliphatic rings. The van der Waals surface area contributed by atoms with E-state index in [1.165, 1.54) is 17.8 Å². The van der Waals surface area contributed by atoms with Crippen molar-refractivity contribution in [2.75, 3.05) is 0 Å². The molecule has 0 amide bonds. The van der Waals surface area contributed by atoms with Crippen LogP contribution in [0.2, 0.25) is 0 Å². The van der Waals surface area contributed by atoms with Gasteiger partial charge < -0.3 is 0 Å². The Morgan fingerprint density at radius 2 is 2.17 bits per heavy atom. The molecule has 5 nitrogen and oxygen atoms in total. The fourth-order valence-corrected chi connectivity index (χ4v) is 3.34. The molecule has 0 N–H and O–H groups in total. The number of benzene rings is 1. The first-order valence-corrected chi connectivity index (χ1v) is 8.84. The largest absolute Gasteiger partial charge is 0.297 e. The fourth-order valence-electron chi connectivity index (χ4n) is 2.07. The van der Waals surface area contributed by atoms with Crippen LogP contribution in [0.3, 0.4) is 0 Å². The molecular weight excluding hydrogens is 393 g/mol. The second-order valence-corrected chi connectivity index (χ2v) is 6.68. The zero-order valence-electron chi connectivity index (χ0n) is 12.6. The van der Waals surface area contributed by atoms with E-state index in [1.807, 2.05) is 10.6 Å². The zero-order valence-corrected chi connectivity index (χ0v) is 15.0. The molecule has 0 fully saturated rings. The van der Waals surface area contributed by atoms with Crippen molar-refractivity contribution in [2.24, 2.45) is 0 Å². The van der Waals surface area contributed by atoms with Crippen molar-refractivity contribution >= 4 is 27.7 Å². The molecule has 1 aromatic carbocycles. The number of allylic oxidation sites excluding steroid dienone is 1. The van der Waals surface area contributed by atoms with E-state index in [4.69, 9.17) is 0 Å². The first-order chi connectivity index (χ1) is 11.7. The van der Waals surface area contributed by atoms with Gasteiger partial charge in [-0.05, 0) is 17.7 Å². The van der Waals surface area contributed by atoms with Gasteiger partial charge in [0.2, 0.25) is 0 Å². The molecule has 3 aromatic rings. The van der Waals surface area contributed by atoms with E-state index in [9.17, 15) is 4.39 Å². The normalized spacial score (nSPS) is 10.8. The van der Waals surface area contributed by atoms with Gasteiger partial charge in [-0.25, -0.2) is 9.37 Å². The lowest BCUT2D eigenvalue weighted by molar-refractivity contribution is 0.616. The Hall–Kier alpha value is -2.06. The monoisotopic (exact) mass is 405 g/mol. The van der Waals surface area contributed by atoms with E-state index >= 15 is 0 Å². The van der Waals surface area contributed by atoms with Gasteiger partial charge in [0.25, 0.3) is 0 Å². The SMILES string of the molecule is C=CCn1c(SCc2ccc(Br)cc2F)nnc1-c1cnccn1. The molecule has 0 saturated carbocycles. The maximum atomic E-state index is 14.0. The highest BCUT2D eigenvalue weighted by molar-refractivity contribution is 9.10. The predicted molar refractivity (Wildman–Crippen MR) is 94.9 cm³/mol. The Labute approximate surface area is 151 Å².